The molecule has 3 rings (SSSR count). The number of hydrogen-bond acceptors (Lipinski definition) is 8. The third-order valence-electron chi connectivity index (χ3n) is 7.21. The van der Waals surface area contributed by atoms with Gasteiger partial charge in [0, 0.05) is 32.6 Å². The minimum Gasteiger partial charge on any atom is -0.459 e. The highest BCUT2D eigenvalue weighted by atomic mass is 16.6. The van der Waals surface area contributed by atoms with Crippen molar-refractivity contribution in [3.05, 3.63) is 65.2 Å². The number of benzene rings is 2. The molecule has 3 atom stereocenters. The van der Waals surface area contributed by atoms with E-state index in [0.717, 1.165) is 10.5 Å². The molecule has 0 saturated heterocycles. The number of carbonyl (C=O) groups is 6. The van der Waals surface area contributed by atoms with Crippen LogP contribution >= 0.6 is 0 Å². The van der Waals surface area contributed by atoms with Crippen molar-refractivity contribution in [2.45, 2.75) is 84.5 Å². The van der Waals surface area contributed by atoms with Gasteiger partial charge in [-0.25, -0.2) is 0 Å². The molecular formula is C34H45N5O7. The highest BCUT2D eigenvalue weighted by molar-refractivity contribution is 6.21. The summed E-state index contributed by atoms with van der Waals surface area (Å²) in [5.41, 5.74) is 0.738. The monoisotopic (exact) mass is 635 g/mol. The zero-order chi connectivity index (χ0) is 34.2. The summed E-state index contributed by atoms with van der Waals surface area (Å²) >= 11 is 0. The van der Waals surface area contributed by atoms with Gasteiger partial charge in [0.15, 0.2) is 0 Å². The molecule has 248 valence electrons. The van der Waals surface area contributed by atoms with Gasteiger partial charge >= 0.3 is 5.97 Å². The topological polar surface area (TPSA) is 163 Å². The Morgan fingerprint density at radius 3 is 2.11 bits per heavy atom. The Morgan fingerprint density at radius 2 is 1.52 bits per heavy atom. The first-order chi connectivity index (χ1) is 21.6. The second-order valence-electron chi connectivity index (χ2n) is 12.8. The fourth-order valence-electron chi connectivity index (χ4n) is 5.15. The number of nitrogens with one attached hydrogen (secondary N) is 4. The van der Waals surface area contributed by atoms with E-state index in [9.17, 15) is 28.8 Å². The first-order valence-corrected chi connectivity index (χ1v) is 15.4. The van der Waals surface area contributed by atoms with Crippen LogP contribution in [0.4, 0.5) is 5.69 Å². The van der Waals surface area contributed by atoms with Crippen LogP contribution in [0, 0.1) is 5.92 Å². The number of ether oxygens (including phenoxy) is 1. The van der Waals surface area contributed by atoms with Crippen LogP contribution in [0.1, 0.15) is 80.7 Å². The van der Waals surface area contributed by atoms with Gasteiger partial charge < -0.3 is 20.7 Å². The van der Waals surface area contributed by atoms with Crippen molar-refractivity contribution in [1.29, 1.82) is 0 Å². The van der Waals surface area contributed by atoms with Crippen LogP contribution < -0.4 is 21.3 Å². The molecule has 1 heterocycles. The Morgan fingerprint density at radius 1 is 0.870 bits per heavy atom. The average Bonchev–Trinajstić information content (AvgIpc) is 3.20. The molecule has 4 N–H and O–H groups in total. The number of anilines is 1. The van der Waals surface area contributed by atoms with Crippen molar-refractivity contribution in [3.63, 3.8) is 0 Å². The molecule has 5 amide bonds. The van der Waals surface area contributed by atoms with Crippen LogP contribution in [-0.2, 0) is 30.3 Å². The molecule has 1 aliphatic heterocycles. The Labute approximate surface area is 270 Å². The number of likely N-dealkylation sites (N-methyl/N-ethyl adjacent to an activating group) is 1. The molecule has 0 spiro atoms. The summed E-state index contributed by atoms with van der Waals surface area (Å²) in [6, 6.07) is 10.9. The van der Waals surface area contributed by atoms with E-state index in [2.05, 4.69) is 21.3 Å². The molecule has 0 bridgehead atoms. The van der Waals surface area contributed by atoms with E-state index >= 15 is 0 Å². The maximum atomic E-state index is 13.7. The highest BCUT2D eigenvalue weighted by Crippen LogP contribution is 2.26. The van der Waals surface area contributed by atoms with Crippen molar-refractivity contribution in [2.24, 2.45) is 5.92 Å². The number of imide groups is 1. The lowest BCUT2D eigenvalue weighted by Crippen LogP contribution is -2.57. The second kappa shape index (κ2) is 15.6. The van der Waals surface area contributed by atoms with Gasteiger partial charge in [-0.05, 0) is 63.3 Å². The molecular weight excluding hydrogens is 590 g/mol. The van der Waals surface area contributed by atoms with E-state index in [1.807, 2.05) is 44.2 Å². The highest BCUT2D eigenvalue weighted by Gasteiger charge is 2.38. The average molecular weight is 636 g/mol. The fraction of sp³-hybridized carbons (Fsp3) is 0.471. The molecule has 1 aliphatic rings. The minimum absolute atomic E-state index is 0.0316. The largest absolute Gasteiger partial charge is 0.459 e. The number of carbonyl (C=O) groups excluding carboxylic acids is 6. The molecule has 0 unspecified atom stereocenters. The first-order valence-electron chi connectivity index (χ1n) is 15.4. The Hall–Kier alpha value is -4.58. The molecule has 46 heavy (non-hydrogen) atoms. The number of esters is 1. The van der Waals surface area contributed by atoms with Crippen molar-refractivity contribution < 1.29 is 33.5 Å². The van der Waals surface area contributed by atoms with Gasteiger partial charge in [0.2, 0.25) is 17.7 Å². The van der Waals surface area contributed by atoms with Crippen LogP contribution in [-0.4, -0.2) is 77.7 Å². The Kier molecular flexibility index (Phi) is 12.2. The van der Waals surface area contributed by atoms with Gasteiger partial charge in [-0.15, -0.1) is 0 Å². The van der Waals surface area contributed by atoms with E-state index < -0.39 is 47.4 Å². The lowest BCUT2D eigenvalue weighted by Gasteiger charge is -2.30. The van der Waals surface area contributed by atoms with Gasteiger partial charge in [-0.1, -0.05) is 44.2 Å². The van der Waals surface area contributed by atoms with Gasteiger partial charge in [-0.3, -0.25) is 39.0 Å². The molecule has 0 aromatic heterocycles. The quantitative estimate of drug-likeness (QED) is 0.182. The molecule has 2 aromatic rings. The van der Waals surface area contributed by atoms with Crippen molar-refractivity contribution in [3.8, 4) is 0 Å². The lowest BCUT2D eigenvalue weighted by molar-refractivity contribution is -0.158. The van der Waals surface area contributed by atoms with Crippen LogP contribution in [0.2, 0.25) is 0 Å². The Bertz CT molecular complexity index is 1450. The molecule has 0 fully saturated rings. The molecule has 0 saturated carbocycles. The molecule has 2 aromatic carbocycles. The lowest BCUT2D eigenvalue weighted by atomic mass is 9.99. The van der Waals surface area contributed by atoms with E-state index in [1.165, 1.54) is 26.1 Å². The van der Waals surface area contributed by atoms with E-state index in [0.29, 0.717) is 12.1 Å². The van der Waals surface area contributed by atoms with Crippen LogP contribution in [0.5, 0.6) is 0 Å². The smallest absolute Gasteiger partial charge is 0.323 e. The normalized spacial score (nSPS) is 14.7. The minimum atomic E-state index is -1.07. The molecule has 0 radical (unpaired) electrons. The summed E-state index contributed by atoms with van der Waals surface area (Å²) in [5, 5.41) is 11.2. The number of amides is 5. The number of hydrogen-bond donors (Lipinski definition) is 4. The zero-order valence-corrected chi connectivity index (χ0v) is 27.6. The summed E-state index contributed by atoms with van der Waals surface area (Å²) in [6.07, 6.45) is 0.555. The van der Waals surface area contributed by atoms with Crippen LogP contribution in [0.25, 0.3) is 0 Å². The standard InChI is InChI=1S/C34H45N5O7/c1-20(2)17-27(30(42)38-28(29(41)35-7)18-22-11-9-8-10-12-22)37-26(33(45)46-34(4,5)6)15-16-39-31(43)24-14-13-23(36-21(3)40)19-25(24)32(39)44/h8-14,19-20,26-28,37H,15-18H2,1-7H3,(H,35,41)(H,36,40)(H,38,42)/t26-,27+,28+/m1/s1. The number of fused-ring (bicyclic) bond motifs is 1. The molecule has 12 nitrogen and oxygen atoms in total. The maximum Gasteiger partial charge on any atom is 0.323 e. The van der Waals surface area contributed by atoms with Crippen LogP contribution in [0.3, 0.4) is 0 Å². The van der Waals surface area contributed by atoms with Crippen molar-refractivity contribution >= 4 is 41.2 Å². The number of nitrogens with zero attached hydrogens (tertiary/aromatic N) is 1. The number of rotatable bonds is 14. The fourth-order valence-corrected chi connectivity index (χ4v) is 5.15. The zero-order valence-electron chi connectivity index (χ0n) is 27.6. The predicted molar refractivity (Wildman–Crippen MR) is 173 cm³/mol. The SMILES string of the molecule is CNC(=O)[C@H](Cc1ccccc1)NC(=O)[C@H](CC(C)C)N[C@H](CCN1C(=O)c2ccc(NC(C)=O)cc2C1=O)C(=O)OC(C)(C)C. The second-order valence-corrected chi connectivity index (χ2v) is 12.8. The van der Waals surface area contributed by atoms with Gasteiger partial charge in [0.25, 0.3) is 11.8 Å². The maximum absolute atomic E-state index is 13.7. The van der Waals surface area contributed by atoms with Crippen LogP contribution in [0.15, 0.2) is 48.5 Å². The first kappa shape index (κ1) is 35.9. The summed E-state index contributed by atoms with van der Waals surface area (Å²) in [5.74, 6) is -2.85. The summed E-state index contributed by atoms with van der Waals surface area (Å²) in [4.78, 5) is 78.9. The van der Waals surface area contributed by atoms with E-state index in [4.69, 9.17) is 4.74 Å². The van der Waals surface area contributed by atoms with Crippen molar-refractivity contribution in [2.75, 3.05) is 18.9 Å². The summed E-state index contributed by atoms with van der Waals surface area (Å²) in [7, 11) is 1.49. The predicted octanol–water partition coefficient (Wildman–Crippen LogP) is 2.82. The Balaban J connectivity index is 1.83. The summed E-state index contributed by atoms with van der Waals surface area (Å²) < 4.78 is 5.66. The van der Waals surface area contributed by atoms with Gasteiger partial charge in [-0.2, -0.15) is 0 Å². The van der Waals surface area contributed by atoms with Gasteiger partial charge in [0.1, 0.15) is 17.7 Å². The third kappa shape index (κ3) is 9.96. The van der Waals surface area contributed by atoms with Crippen molar-refractivity contribution in [1.82, 2.24) is 20.9 Å². The third-order valence-corrected chi connectivity index (χ3v) is 7.21. The van der Waals surface area contributed by atoms with Gasteiger partial charge in [0.05, 0.1) is 17.2 Å². The molecule has 12 heteroatoms. The van der Waals surface area contributed by atoms with E-state index in [-0.39, 0.29) is 48.2 Å². The van der Waals surface area contributed by atoms with E-state index in [1.54, 1.807) is 26.8 Å². The summed E-state index contributed by atoms with van der Waals surface area (Å²) in [6.45, 7) is 10.2. The molecule has 0 aliphatic carbocycles.